The molecule has 24 heavy (non-hydrogen) atoms. The summed E-state index contributed by atoms with van der Waals surface area (Å²) in [5, 5.41) is 17.7. The van der Waals surface area contributed by atoms with Gasteiger partial charge in [-0.3, -0.25) is 10.1 Å². The molecule has 1 N–H and O–H groups in total. The van der Waals surface area contributed by atoms with E-state index in [1.807, 2.05) is 13.8 Å². The van der Waals surface area contributed by atoms with Crippen molar-refractivity contribution >= 4 is 17.4 Å². The molecule has 2 amide bonds. The summed E-state index contributed by atoms with van der Waals surface area (Å²) in [4.78, 5) is 24.9. The summed E-state index contributed by atoms with van der Waals surface area (Å²) in [5.41, 5.74) is 1.75. The molecular weight excluding hydrogens is 312 g/mol. The van der Waals surface area contributed by atoms with Crippen molar-refractivity contribution in [2.75, 3.05) is 11.9 Å². The minimum absolute atomic E-state index is 0.126. The summed E-state index contributed by atoms with van der Waals surface area (Å²) >= 11 is 0. The minimum Gasteiger partial charge on any atom is -0.361 e. The van der Waals surface area contributed by atoms with Crippen molar-refractivity contribution in [3.63, 3.8) is 0 Å². The summed E-state index contributed by atoms with van der Waals surface area (Å²) in [6.07, 6.45) is 1.67. The number of rotatable bonds is 3. The van der Waals surface area contributed by atoms with Crippen molar-refractivity contribution in [2.45, 2.75) is 32.7 Å². The average molecular weight is 330 g/mol. The van der Waals surface area contributed by atoms with Crippen molar-refractivity contribution in [1.82, 2.24) is 10.1 Å². The number of anilines is 1. The van der Waals surface area contributed by atoms with Gasteiger partial charge in [0.25, 0.3) is 5.69 Å². The van der Waals surface area contributed by atoms with Gasteiger partial charge in [-0.2, -0.15) is 0 Å². The Kier molecular flexibility index (Phi) is 4.20. The van der Waals surface area contributed by atoms with Gasteiger partial charge in [0.05, 0.1) is 16.7 Å². The van der Waals surface area contributed by atoms with Crippen LogP contribution >= 0.6 is 0 Å². The van der Waals surface area contributed by atoms with Crippen molar-refractivity contribution in [3.05, 3.63) is 51.4 Å². The van der Waals surface area contributed by atoms with Gasteiger partial charge in [0.1, 0.15) is 11.4 Å². The number of benzene rings is 1. The number of nitrogens with one attached hydrogen (secondary N) is 1. The van der Waals surface area contributed by atoms with Gasteiger partial charge in [0.15, 0.2) is 0 Å². The molecule has 1 aromatic heterocycles. The van der Waals surface area contributed by atoms with E-state index in [2.05, 4.69) is 10.5 Å². The molecule has 0 radical (unpaired) electrons. The van der Waals surface area contributed by atoms with Crippen molar-refractivity contribution in [1.29, 1.82) is 0 Å². The number of carbonyl (C=O) groups is 1. The Bertz CT molecular complexity index is 767. The number of urea groups is 1. The van der Waals surface area contributed by atoms with Crippen LogP contribution in [0.25, 0.3) is 0 Å². The highest BCUT2D eigenvalue weighted by Gasteiger charge is 2.34. The van der Waals surface area contributed by atoms with E-state index in [4.69, 9.17) is 4.52 Å². The molecule has 8 nitrogen and oxygen atoms in total. The molecule has 1 saturated heterocycles. The lowest BCUT2D eigenvalue weighted by atomic mass is 10.0. The van der Waals surface area contributed by atoms with E-state index < -0.39 is 4.92 Å². The van der Waals surface area contributed by atoms with E-state index >= 15 is 0 Å². The van der Waals surface area contributed by atoms with E-state index in [0.29, 0.717) is 12.3 Å². The van der Waals surface area contributed by atoms with Crippen molar-refractivity contribution < 1.29 is 14.2 Å². The Morgan fingerprint density at radius 3 is 2.83 bits per heavy atom. The molecule has 0 unspecified atom stereocenters. The number of carbonyl (C=O) groups excluding carboxylic acids is 1. The Morgan fingerprint density at radius 2 is 2.17 bits per heavy atom. The lowest BCUT2D eigenvalue weighted by Crippen LogP contribution is -2.35. The molecule has 1 atom stereocenters. The van der Waals surface area contributed by atoms with E-state index in [0.717, 1.165) is 24.1 Å². The van der Waals surface area contributed by atoms with Crippen LogP contribution in [-0.4, -0.2) is 27.6 Å². The first-order valence-electron chi connectivity index (χ1n) is 7.73. The van der Waals surface area contributed by atoms with Crippen LogP contribution in [0.4, 0.5) is 16.2 Å². The molecule has 2 aromatic rings. The average Bonchev–Trinajstić information content (AvgIpc) is 3.14. The summed E-state index contributed by atoms with van der Waals surface area (Å²) in [5.74, 6) is 0.697. The number of aryl methyl sites for hydroxylation is 2. The zero-order chi connectivity index (χ0) is 17.3. The summed E-state index contributed by atoms with van der Waals surface area (Å²) in [7, 11) is 0. The smallest absolute Gasteiger partial charge is 0.322 e. The highest BCUT2D eigenvalue weighted by atomic mass is 16.6. The van der Waals surface area contributed by atoms with Crippen LogP contribution in [0.2, 0.25) is 0 Å². The van der Waals surface area contributed by atoms with Crippen LogP contribution in [0.1, 0.15) is 35.9 Å². The zero-order valence-corrected chi connectivity index (χ0v) is 13.5. The van der Waals surface area contributed by atoms with Gasteiger partial charge in [0.2, 0.25) is 0 Å². The standard InChI is InChI=1S/C16H18N4O4/c1-10-15(11(2)24-18-10)14-8-5-9-19(14)16(21)17-12-6-3-4-7-13(12)20(22)23/h3-4,6-7,14H,5,8-9H2,1-2H3,(H,17,21)/t14-/m0/s1. The second-order valence-corrected chi connectivity index (χ2v) is 5.79. The number of nitro benzene ring substituents is 1. The maximum absolute atomic E-state index is 12.7. The molecule has 0 spiro atoms. The van der Waals surface area contributed by atoms with E-state index in [1.54, 1.807) is 17.0 Å². The van der Waals surface area contributed by atoms with E-state index in [-0.39, 0.29) is 23.4 Å². The molecular formula is C16H18N4O4. The first-order chi connectivity index (χ1) is 11.5. The largest absolute Gasteiger partial charge is 0.361 e. The van der Waals surface area contributed by atoms with Crippen molar-refractivity contribution in [2.24, 2.45) is 0 Å². The minimum atomic E-state index is -0.509. The molecule has 126 valence electrons. The van der Waals surface area contributed by atoms with Crippen LogP contribution in [-0.2, 0) is 0 Å². The van der Waals surface area contributed by atoms with Crippen LogP contribution in [0, 0.1) is 24.0 Å². The van der Waals surface area contributed by atoms with Crippen LogP contribution in [0.3, 0.4) is 0 Å². The highest BCUT2D eigenvalue weighted by Crippen LogP contribution is 2.36. The highest BCUT2D eigenvalue weighted by molar-refractivity contribution is 5.92. The predicted octanol–water partition coefficient (Wildman–Crippen LogP) is 3.57. The number of aromatic nitrogens is 1. The van der Waals surface area contributed by atoms with E-state index in [1.165, 1.54) is 12.1 Å². The molecule has 2 heterocycles. The number of hydrogen-bond donors (Lipinski definition) is 1. The predicted molar refractivity (Wildman–Crippen MR) is 86.8 cm³/mol. The molecule has 0 aliphatic carbocycles. The quantitative estimate of drug-likeness (QED) is 0.684. The molecule has 0 saturated carbocycles. The fourth-order valence-corrected chi connectivity index (χ4v) is 3.20. The summed E-state index contributed by atoms with van der Waals surface area (Å²) < 4.78 is 5.21. The zero-order valence-electron chi connectivity index (χ0n) is 13.5. The van der Waals surface area contributed by atoms with Gasteiger partial charge in [0, 0.05) is 18.2 Å². The number of nitro groups is 1. The Morgan fingerprint density at radius 1 is 1.42 bits per heavy atom. The monoisotopic (exact) mass is 330 g/mol. The van der Waals surface area contributed by atoms with Crippen LogP contribution in [0.5, 0.6) is 0 Å². The maximum Gasteiger partial charge on any atom is 0.322 e. The lowest BCUT2D eigenvalue weighted by Gasteiger charge is -2.25. The molecule has 1 fully saturated rings. The molecule has 3 rings (SSSR count). The van der Waals surface area contributed by atoms with Gasteiger partial charge >= 0.3 is 6.03 Å². The lowest BCUT2D eigenvalue weighted by molar-refractivity contribution is -0.383. The summed E-state index contributed by atoms with van der Waals surface area (Å²) in [6.45, 7) is 4.26. The Hall–Kier alpha value is -2.90. The fraction of sp³-hybridized carbons (Fsp3) is 0.375. The second kappa shape index (κ2) is 6.31. The second-order valence-electron chi connectivity index (χ2n) is 5.79. The number of nitrogens with zero attached hydrogens (tertiary/aromatic N) is 3. The Balaban J connectivity index is 1.84. The molecule has 1 aliphatic heterocycles. The molecule has 8 heteroatoms. The number of amides is 2. The molecule has 0 bridgehead atoms. The third-order valence-corrected chi connectivity index (χ3v) is 4.28. The van der Waals surface area contributed by atoms with Crippen LogP contribution < -0.4 is 5.32 Å². The van der Waals surface area contributed by atoms with Gasteiger partial charge in [-0.1, -0.05) is 17.3 Å². The normalized spacial score (nSPS) is 17.1. The first-order valence-corrected chi connectivity index (χ1v) is 7.73. The van der Waals surface area contributed by atoms with Crippen molar-refractivity contribution in [3.8, 4) is 0 Å². The van der Waals surface area contributed by atoms with Gasteiger partial charge in [-0.15, -0.1) is 0 Å². The molecule has 1 aliphatic rings. The number of para-hydroxylation sites is 2. The third kappa shape index (κ3) is 2.82. The van der Waals surface area contributed by atoms with Crippen LogP contribution in [0.15, 0.2) is 28.8 Å². The molecule has 1 aromatic carbocycles. The SMILES string of the molecule is Cc1noc(C)c1[C@@H]1CCCN1C(=O)Nc1ccccc1[N+](=O)[O-]. The third-order valence-electron chi connectivity index (χ3n) is 4.28. The van der Waals surface area contributed by atoms with Gasteiger partial charge in [-0.25, -0.2) is 4.79 Å². The topological polar surface area (TPSA) is 102 Å². The first kappa shape index (κ1) is 16.0. The van der Waals surface area contributed by atoms with E-state index in [9.17, 15) is 14.9 Å². The maximum atomic E-state index is 12.7. The fourth-order valence-electron chi connectivity index (χ4n) is 3.20. The summed E-state index contributed by atoms with van der Waals surface area (Å²) in [6, 6.07) is 5.63. The van der Waals surface area contributed by atoms with Gasteiger partial charge < -0.3 is 14.7 Å². The number of hydrogen-bond acceptors (Lipinski definition) is 5. The Labute approximate surface area is 138 Å². The van der Waals surface area contributed by atoms with Gasteiger partial charge in [-0.05, 0) is 32.8 Å². The number of likely N-dealkylation sites (tertiary alicyclic amines) is 1.